The lowest BCUT2D eigenvalue weighted by molar-refractivity contribution is -0.232. The van der Waals surface area contributed by atoms with Gasteiger partial charge in [-0.25, -0.2) is 13.6 Å². The first-order chi connectivity index (χ1) is 23.4. The van der Waals surface area contributed by atoms with E-state index in [0.29, 0.717) is 18.3 Å². The van der Waals surface area contributed by atoms with Crippen LogP contribution in [0.2, 0.25) is 0 Å². The largest absolute Gasteiger partial charge is 0.481 e. The second-order valence-corrected chi connectivity index (χ2v) is 19.8. The molecule has 1 aliphatic heterocycles. The number of piperidine rings is 1. The molecule has 1 heterocycles. The number of ether oxygens (including phenoxy) is 1. The van der Waals surface area contributed by atoms with Crippen molar-refractivity contribution < 1.29 is 37.8 Å². The van der Waals surface area contributed by atoms with Crippen LogP contribution in [-0.2, 0) is 19.1 Å². The Morgan fingerprint density at radius 1 is 0.902 bits per heavy atom. The highest BCUT2D eigenvalue weighted by Gasteiger charge is 2.70. The summed E-state index contributed by atoms with van der Waals surface area (Å²) in [6, 6.07) is -0.330. The summed E-state index contributed by atoms with van der Waals surface area (Å²) in [7, 11) is 0. The van der Waals surface area contributed by atoms with Crippen LogP contribution in [-0.4, -0.2) is 64.4 Å². The number of likely N-dealkylation sites (tertiary alicyclic amines) is 1. The van der Waals surface area contributed by atoms with E-state index >= 15 is 0 Å². The lowest BCUT2D eigenvalue weighted by atomic mass is 9.33. The number of carbonyl (C=O) groups is 4. The number of aliphatic carboxylic acids is 1. The van der Waals surface area contributed by atoms with Crippen molar-refractivity contribution in [2.75, 3.05) is 13.1 Å². The Morgan fingerprint density at radius 3 is 2.16 bits per heavy atom. The van der Waals surface area contributed by atoms with E-state index in [2.05, 4.69) is 53.8 Å². The molecule has 2 N–H and O–H groups in total. The summed E-state index contributed by atoms with van der Waals surface area (Å²) in [5.41, 5.74) is -0.388. The molecule has 0 aromatic carbocycles. The highest BCUT2D eigenvalue weighted by Crippen LogP contribution is 2.76. The minimum atomic E-state index is -2.75. The van der Waals surface area contributed by atoms with Gasteiger partial charge in [0.05, 0.1) is 17.4 Å². The zero-order valence-electron chi connectivity index (χ0n) is 32.5. The third kappa shape index (κ3) is 5.86. The molecule has 0 aromatic heterocycles. The smallest absolute Gasteiger partial charge is 0.318 e. The van der Waals surface area contributed by atoms with Gasteiger partial charge in [0.2, 0.25) is 0 Å². The second-order valence-electron chi connectivity index (χ2n) is 19.8. The number of Topliss-reactive ketones (excluding diaryl/α,β-unsaturated/α-hetero) is 1. The molecule has 6 aliphatic rings. The van der Waals surface area contributed by atoms with Gasteiger partial charge >= 0.3 is 18.0 Å². The van der Waals surface area contributed by atoms with E-state index in [9.17, 15) is 33.1 Å². The Hall–Kier alpha value is -2.52. The van der Waals surface area contributed by atoms with E-state index < -0.39 is 28.8 Å². The lowest BCUT2D eigenvalue weighted by Crippen LogP contribution is -2.67. The van der Waals surface area contributed by atoms with Crippen LogP contribution in [0.5, 0.6) is 0 Å². The number of alkyl halides is 2. The number of ketones is 1. The van der Waals surface area contributed by atoms with Gasteiger partial charge in [-0.15, -0.1) is 0 Å². The third-order valence-corrected chi connectivity index (χ3v) is 15.9. The molecule has 10 heteroatoms. The number of nitrogens with zero attached hydrogens (tertiary/aromatic N) is 1. The molecule has 0 radical (unpaired) electrons. The van der Waals surface area contributed by atoms with Crippen molar-refractivity contribution in [3.05, 3.63) is 11.1 Å². The fraction of sp³-hybridized carbons (Fsp3) is 0.854. The molecular weight excluding hydrogens is 654 g/mol. The summed E-state index contributed by atoms with van der Waals surface area (Å²) in [6.45, 7) is 19.2. The maximum absolute atomic E-state index is 14.0. The number of fused-ring (bicyclic) bond motifs is 7. The van der Waals surface area contributed by atoms with Gasteiger partial charge in [0, 0.05) is 37.8 Å². The highest BCUT2D eigenvalue weighted by molar-refractivity contribution is 6.02. The third-order valence-electron chi connectivity index (χ3n) is 15.9. The fourth-order valence-electron chi connectivity index (χ4n) is 12.9. The SMILES string of the molecule is CC(C)C1=C2C3CCC4[C@@]5(C)CC[C@H](OC(=O)CC(C)(C)C(=O)O)C(C)(C)C5CC[C@@]4(C)[C@]3(C)CC[C@@]2(NC(=O)N2CCC(F)(F)CC2)CC1=O. The molecular formula is C41H62F2N2O6. The molecule has 6 rings (SSSR count). The van der Waals surface area contributed by atoms with Gasteiger partial charge in [-0.3, -0.25) is 14.4 Å². The molecule has 0 spiro atoms. The number of carboxylic acid groups (broad SMARTS) is 1. The van der Waals surface area contributed by atoms with Crippen LogP contribution in [0.25, 0.3) is 0 Å². The van der Waals surface area contributed by atoms with Gasteiger partial charge in [-0.2, -0.15) is 0 Å². The van der Waals surface area contributed by atoms with E-state index in [-0.39, 0.29) is 90.2 Å². The summed E-state index contributed by atoms with van der Waals surface area (Å²) in [5.74, 6) is -3.22. The molecule has 8 nitrogen and oxygen atoms in total. The summed E-state index contributed by atoms with van der Waals surface area (Å²) in [5, 5.41) is 12.9. The number of amides is 2. The zero-order chi connectivity index (χ0) is 37.7. The molecule has 8 atom stereocenters. The van der Waals surface area contributed by atoms with Crippen molar-refractivity contribution in [3.8, 4) is 0 Å². The van der Waals surface area contributed by atoms with Crippen molar-refractivity contribution in [1.29, 1.82) is 0 Å². The molecule has 4 saturated carbocycles. The molecule has 51 heavy (non-hydrogen) atoms. The Balaban J connectivity index is 1.27. The second kappa shape index (κ2) is 12.3. The van der Waals surface area contributed by atoms with Crippen LogP contribution in [0.4, 0.5) is 13.6 Å². The highest BCUT2D eigenvalue weighted by atomic mass is 19.3. The van der Waals surface area contributed by atoms with Crippen LogP contribution in [0, 0.1) is 50.7 Å². The van der Waals surface area contributed by atoms with E-state index in [4.69, 9.17) is 4.74 Å². The summed E-state index contributed by atoms with van der Waals surface area (Å²) in [4.78, 5) is 53.9. The summed E-state index contributed by atoms with van der Waals surface area (Å²) in [6.07, 6.45) is 6.25. The van der Waals surface area contributed by atoms with Gasteiger partial charge < -0.3 is 20.1 Å². The van der Waals surface area contributed by atoms with E-state index in [1.165, 1.54) is 4.90 Å². The minimum absolute atomic E-state index is 0.00749. The summed E-state index contributed by atoms with van der Waals surface area (Å²) < 4.78 is 34.1. The van der Waals surface area contributed by atoms with Gasteiger partial charge in [0.15, 0.2) is 5.78 Å². The van der Waals surface area contributed by atoms with Crippen LogP contribution in [0.1, 0.15) is 139 Å². The number of esters is 1. The number of hydrogen-bond acceptors (Lipinski definition) is 5. The Morgan fingerprint density at radius 2 is 1.55 bits per heavy atom. The van der Waals surface area contributed by atoms with Crippen LogP contribution < -0.4 is 5.32 Å². The van der Waals surface area contributed by atoms with E-state index in [1.807, 2.05) is 0 Å². The number of halogens is 2. The van der Waals surface area contributed by atoms with Gasteiger partial charge in [-0.1, -0.05) is 48.5 Å². The molecule has 3 unspecified atom stereocenters. The van der Waals surface area contributed by atoms with Gasteiger partial charge in [0.1, 0.15) is 6.10 Å². The minimum Gasteiger partial charge on any atom is -0.481 e. The van der Waals surface area contributed by atoms with Crippen molar-refractivity contribution in [1.82, 2.24) is 10.2 Å². The van der Waals surface area contributed by atoms with Crippen LogP contribution in [0.15, 0.2) is 11.1 Å². The zero-order valence-corrected chi connectivity index (χ0v) is 32.5. The van der Waals surface area contributed by atoms with Crippen molar-refractivity contribution in [2.45, 2.75) is 157 Å². The molecule has 286 valence electrons. The first-order valence-electron chi connectivity index (χ1n) is 19.6. The van der Waals surface area contributed by atoms with Crippen molar-refractivity contribution >= 4 is 23.8 Å². The number of carbonyl (C=O) groups excluding carboxylic acids is 3. The lowest BCUT2D eigenvalue weighted by Gasteiger charge is -2.72. The van der Waals surface area contributed by atoms with Crippen molar-refractivity contribution in [3.63, 3.8) is 0 Å². The normalized spacial score (nSPS) is 40.2. The molecule has 2 amide bonds. The Bertz CT molecular complexity index is 1510. The number of hydrogen-bond donors (Lipinski definition) is 2. The maximum atomic E-state index is 14.0. The van der Waals surface area contributed by atoms with Crippen LogP contribution >= 0.6 is 0 Å². The Kier molecular flexibility index (Phi) is 9.18. The Labute approximate surface area is 303 Å². The van der Waals surface area contributed by atoms with Gasteiger partial charge in [0.25, 0.3) is 5.92 Å². The molecule has 0 bridgehead atoms. The average Bonchev–Trinajstić information content (AvgIpc) is 3.30. The number of nitrogens with one attached hydrogen (secondary N) is 1. The predicted molar refractivity (Wildman–Crippen MR) is 190 cm³/mol. The first-order valence-corrected chi connectivity index (χ1v) is 19.6. The maximum Gasteiger partial charge on any atom is 0.318 e. The molecule has 5 aliphatic carbocycles. The van der Waals surface area contributed by atoms with Crippen molar-refractivity contribution in [2.24, 2.45) is 50.7 Å². The van der Waals surface area contributed by atoms with E-state index in [0.717, 1.165) is 56.1 Å². The summed E-state index contributed by atoms with van der Waals surface area (Å²) >= 11 is 0. The van der Waals surface area contributed by atoms with Crippen LogP contribution in [0.3, 0.4) is 0 Å². The number of rotatable bonds is 6. The molecule has 5 fully saturated rings. The topological polar surface area (TPSA) is 113 Å². The fourth-order valence-corrected chi connectivity index (χ4v) is 12.9. The number of urea groups is 1. The predicted octanol–water partition coefficient (Wildman–Crippen LogP) is 8.57. The molecule has 1 saturated heterocycles. The molecule has 0 aromatic rings. The number of allylic oxidation sites excluding steroid dienone is 1. The van der Waals surface area contributed by atoms with Gasteiger partial charge in [-0.05, 0) is 116 Å². The number of carboxylic acids is 1. The van der Waals surface area contributed by atoms with E-state index in [1.54, 1.807) is 13.8 Å². The quantitative estimate of drug-likeness (QED) is 0.267. The average molecular weight is 717 g/mol. The monoisotopic (exact) mass is 716 g/mol. The first kappa shape index (κ1) is 38.2. The standard InChI is InChI=1S/C41H62F2N2O6/c1-24(2)31-26(46)22-40(44-34(50)45-20-18-41(42,43)19-21-45)17-16-38(8)25(32(31)40)10-11-28-37(7)14-13-29(51-30(47)23-35(3,4)33(48)49)36(5,6)27(37)12-15-39(28,38)9/h24-25,27-29H,10-23H2,1-9H3,(H,44,50)(H,48,49)/t25?,27?,28?,29-,37-,38+,39+,40+/m0/s1.